The molecule has 7 nitrogen and oxygen atoms in total. The fraction of sp³-hybridized carbons (Fsp3) is 0.462. The molecule has 0 bridgehead atoms. The maximum Gasteiger partial charge on any atom is 0.271 e. The van der Waals surface area contributed by atoms with Crippen LogP contribution in [0.3, 0.4) is 0 Å². The molecular weight excluding hydrogens is 258 g/mol. The number of amides is 1. The molecule has 0 radical (unpaired) electrons. The van der Waals surface area contributed by atoms with Crippen LogP contribution >= 0.6 is 0 Å². The topological polar surface area (TPSA) is 99.0 Å². The highest BCUT2D eigenvalue weighted by Crippen LogP contribution is 2.17. The lowest BCUT2D eigenvalue weighted by Crippen LogP contribution is -2.26. The molecule has 0 aliphatic carbocycles. The minimum absolute atomic E-state index is 0.253. The van der Waals surface area contributed by atoms with Gasteiger partial charge in [-0.1, -0.05) is 12.1 Å². The summed E-state index contributed by atoms with van der Waals surface area (Å²) in [5.74, 6) is 0.451. The normalized spacial score (nSPS) is 10.8. The van der Waals surface area contributed by atoms with Crippen molar-refractivity contribution in [2.24, 2.45) is 7.05 Å². The lowest BCUT2D eigenvalue weighted by atomic mass is 10.2. The molecule has 3 N–H and O–H groups in total. The number of anilines is 1. The predicted molar refractivity (Wildman–Crippen MR) is 74.1 cm³/mol. The van der Waals surface area contributed by atoms with Crippen molar-refractivity contribution in [3.05, 3.63) is 28.4 Å². The van der Waals surface area contributed by atoms with Gasteiger partial charge in [0, 0.05) is 19.2 Å². The van der Waals surface area contributed by atoms with Gasteiger partial charge in [-0.05, 0) is 20.3 Å². The summed E-state index contributed by atoms with van der Waals surface area (Å²) in [6.45, 7) is 5.96. The molecule has 0 unspecified atom stereocenters. The number of aryl methyl sites for hydroxylation is 4. The number of hydrogen-bond acceptors (Lipinski definition) is 5. The summed E-state index contributed by atoms with van der Waals surface area (Å²) >= 11 is 0. The molecule has 2 rings (SSSR count). The van der Waals surface area contributed by atoms with Gasteiger partial charge in [-0.15, -0.1) is 0 Å². The number of nitrogen functional groups attached to an aromatic ring is 1. The number of rotatable bonds is 4. The maximum absolute atomic E-state index is 12.2. The Morgan fingerprint density at radius 1 is 1.45 bits per heavy atom. The maximum atomic E-state index is 12.2. The van der Waals surface area contributed by atoms with E-state index in [0.29, 0.717) is 30.1 Å². The van der Waals surface area contributed by atoms with Crippen molar-refractivity contribution >= 4 is 11.6 Å². The summed E-state index contributed by atoms with van der Waals surface area (Å²) in [4.78, 5) is 12.2. The number of nitrogens with zero attached hydrogens (tertiary/aromatic N) is 3. The molecule has 0 spiro atoms. The number of carbonyl (C=O) groups is 1. The molecule has 2 aromatic heterocycles. The Balaban J connectivity index is 2.15. The van der Waals surface area contributed by atoms with E-state index in [4.69, 9.17) is 10.3 Å². The van der Waals surface area contributed by atoms with E-state index in [9.17, 15) is 4.79 Å². The van der Waals surface area contributed by atoms with Gasteiger partial charge in [0.05, 0.1) is 17.1 Å². The van der Waals surface area contributed by atoms with E-state index in [0.717, 1.165) is 17.0 Å². The molecule has 0 saturated heterocycles. The van der Waals surface area contributed by atoms with Crippen molar-refractivity contribution in [1.82, 2.24) is 20.3 Å². The van der Waals surface area contributed by atoms with E-state index in [-0.39, 0.29) is 5.91 Å². The second kappa shape index (κ2) is 5.36. The van der Waals surface area contributed by atoms with Crippen molar-refractivity contribution in [1.29, 1.82) is 0 Å². The largest absolute Gasteiger partial charge is 0.395 e. The van der Waals surface area contributed by atoms with Crippen LogP contribution in [-0.4, -0.2) is 20.8 Å². The third kappa shape index (κ3) is 2.38. The Morgan fingerprint density at radius 3 is 2.65 bits per heavy atom. The summed E-state index contributed by atoms with van der Waals surface area (Å²) in [6.07, 6.45) is 0.691. The average Bonchev–Trinajstić information content (AvgIpc) is 2.87. The molecule has 0 fully saturated rings. The molecule has 2 heterocycles. The minimum atomic E-state index is -0.253. The zero-order valence-electron chi connectivity index (χ0n) is 12.1. The Kier molecular flexibility index (Phi) is 3.78. The Bertz CT molecular complexity index is 622. The molecule has 0 atom stereocenters. The van der Waals surface area contributed by atoms with Crippen LogP contribution in [0.25, 0.3) is 0 Å². The summed E-state index contributed by atoms with van der Waals surface area (Å²) < 4.78 is 6.57. The molecule has 0 saturated carbocycles. The van der Waals surface area contributed by atoms with Gasteiger partial charge in [0.15, 0.2) is 0 Å². The molecule has 0 aliphatic heterocycles. The van der Waals surface area contributed by atoms with Gasteiger partial charge in [-0.25, -0.2) is 0 Å². The first-order chi connectivity index (χ1) is 9.45. The highest BCUT2D eigenvalue weighted by molar-refractivity contribution is 5.97. The summed E-state index contributed by atoms with van der Waals surface area (Å²) in [6, 6.07) is 0. The van der Waals surface area contributed by atoms with E-state index in [1.165, 1.54) is 4.68 Å². The van der Waals surface area contributed by atoms with E-state index < -0.39 is 0 Å². The SMILES string of the molecule is CCc1nn(C)c(C(=O)NCc2c(C)noc2C)c1N. The molecule has 2 aromatic rings. The number of hydrogen-bond donors (Lipinski definition) is 2. The monoisotopic (exact) mass is 277 g/mol. The first-order valence-corrected chi connectivity index (χ1v) is 6.47. The zero-order chi connectivity index (χ0) is 14.9. The third-order valence-corrected chi connectivity index (χ3v) is 3.32. The van der Waals surface area contributed by atoms with Crippen LogP contribution in [0.2, 0.25) is 0 Å². The molecule has 108 valence electrons. The van der Waals surface area contributed by atoms with E-state index >= 15 is 0 Å². The molecule has 0 aromatic carbocycles. The first kappa shape index (κ1) is 14.1. The Labute approximate surface area is 117 Å². The van der Waals surface area contributed by atoms with Gasteiger partial charge in [-0.2, -0.15) is 5.10 Å². The van der Waals surface area contributed by atoms with Gasteiger partial charge in [-0.3, -0.25) is 9.48 Å². The Morgan fingerprint density at radius 2 is 2.15 bits per heavy atom. The van der Waals surface area contributed by atoms with Crippen molar-refractivity contribution in [3.63, 3.8) is 0 Å². The summed E-state index contributed by atoms with van der Waals surface area (Å²) in [7, 11) is 1.71. The zero-order valence-corrected chi connectivity index (χ0v) is 12.1. The summed E-state index contributed by atoms with van der Waals surface area (Å²) in [5, 5.41) is 10.9. The lowest BCUT2D eigenvalue weighted by molar-refractivity contribution is 0.0942. The second-order valence-electron chi connectivity index (χ2n) is 4.67. The Hall–Kier alpha value is -2.31. The smallest absolute Gasteiger partial charge is 0.271 e. The van der Waals surface area contributed by atoms with E-state index in [2.05, 4.69) is 15.6 Å². The predicted octanol–water partition coefficient (Wildman–Crippen LogP) is 1.10. The lowest BCUT2D eigenvalue weighted by Gasteiger charge is -2.06. The van der Waals surface area contributed by atoms with Crippen LogP contribution in [0.15, 0.2) is 4.52 Å². The van der Waals surface area contributed by atoms with Crippen molar-refractivity contribution in [2.75, 3.05) is 5.73 Å². The second-order valence-corrected chi connectivity index (χ2v) is 4.67. The van der Waals surface area contributed by atoms with Gasteiger partial charge < -0.3 is 15.6 Å². The molecular formula is C13H19N5O2. The van der Waals surface area contributed by atoms with Crippen LogP contribution in [-0.2, 0) is 20.0 Å². The number of nitrogens with one attached hydrogen (secondary N) is 1. The fourth-order valence-corrected chi connectivity index (χ4v) is 2.13. The van der Waals surface area contributed by atoms with Gasteiger partial charge in [0.25, 0.3) is 5.91 Å². The van der Waals surface area contributed by atoms with E-state index in [1.807, 2.05) is 20.8 Å². The highest BCUT2D eigenvalue weighted by atomic mass is 16.5. The average molecular weight is 277 g/mol. The molecule has 20 heavy (non-hydrogen) atoms. The van der Waals surface area contributed by atoms with Crippen molar-refractivity contribution < 1.29 is 9.32 Å². The molecule has 0 aliphatic rings. The first-order valence-electron chi connectivity index (χ1n) is 6.47. The number of aromatic nitrogens is 3. The van der Waals surface area contributed by atoms with Gasteiger partial charge >= 0.3 is 0 Å². The van der Waals surface area contributed by atoms with Crippen LogP contribution in [0.5, 0.6) is 0 Å². The van der Waals surface area contributed by atoms with Crippen LogP contribution < -0.4 is 11.1 Å². The van der Waals surface area contributed by atoms with Crippen LogP contribution in [0.1, 0.15) is 40.1 Å². The van der Waals surface area contributed by atoms with Gasteiger partial charge in [0.1, 0.15) is 11.5 Å². The number of carbonyl (C=O) groups excluding carboxylic acids is 1. The van der Waals surface area contributed by atoms with E-state index in [1.54, 1.807) is 7.05 Å². The highest BCUT2D eigenvalue weighted by Gasteiger charge is 2.19. The fourth-order valence-electron chi connectivity index (χ4n) is 2.13. The molecule has 7 heteroatoms. The standard InChI is InChI=1S/C13H19N5O2/c1-5-10-11(14)12(18(4)16-10)13(19)15-6-9-7(2)17-20-8(9)3/h5-6,14H2,1-4H3,(H,15,19). The van der Waals surface area contributed by atoms with Crippen molar-refractivity contribution in [2.45, 2.75) is 33.7 Å². The number of nitrogens with two attached hydrogens (primary N) is 1. The quantitative estimate of drug-likeness (QED) is 0.871. The van der Waals surface area contributed by atoms with Crippen LogP contribution in [0.4, 0.5) is 5.69 Å². The summed E-state index contributed by atoms with van der Waals surface area (Å²) in [5.41, 5.74) is 9.16. The minimum Gasteiger partial charge on any atom is -0.395 e. The van der Waals surface area contributed by atoms with Crippen molar-refractivity contribution in [3.8, 4) is 0 Å². The molecule has 1 amide bonds. The van der Waals surface area contributed by atoms with Crippen LogP contribution in [0, 0.1) is 13.8 Å². The third-order valence-electron chi connectivity index (χ3n) is 3.32. The van der Waals surface area contributed by atoms with Gasteiger partial charge in [0.2, 0.25) is 0 Å².